The van der Waals surface area contributed by atoms with Gasteiger partial charge in [-0.3, -0.25) is 4.90 Å². The Bertz CT molecular complexity index is 134. The first-order valence-corrected chi connectivity index (χ1v) is 4.12. The van der Waals surface area contributed by atoms with Gasteiger partial charge in [0.1, 0.15) is 0 Å². The van der Waals surface area contributed by atoms with Gasteiger partial charge in [-0.15, -0.1) is 0 Å². The Balaban J connectivity index is 3.60. The largest absolute Gasteiger partial charge is 0.392 e. The molecule has 0 rings (SSSR count). The molecule has 0 amide bonds. The van der Waals surface area contributed by atoms with E-state index in [1.807, 2.05) is 18.9 Å². The van der Waals surface area contributed by atoms with Crippen molar-refractivity contribution in [3.8, 4) is 0 Å². The lowest BCUT2D eigenvalue weighted by atomic mass is 10.3. The van der Waals surface area contributed by atoms with Crippen LogP contribution < -0.4 is 0 Å². The summed E-state index contributed by atoms with van der Waals surface area (Å²) in [5.74, 6) is 0. The second kappa shape index (κ2) is 5.58. The van der Waals surface area contributed by atoms with Crippen LogP contribution in [0, 0.1) is 0 Å². The Morgan fingerprint density at radius 2 is 2.27 bits per heavy atom. The van der Waals surface area contributed by atoms with E-state index in [-0.39, 0.29) is 6.10 Å². The van der Waals surface area contributed by atoms with E-state index in [1.165, 1.54) is 0 Å². The van der Waals surface area contributed by atoms with E-state index < -0.39 is 0 Å². The van der Waals surface area contributed by atoms with E-state index in [0.717, 1.165) is 12.1 Å². The standard InChI is InChI=1S/C8H16ClNO/c1-7(4-9)5-10(3)6-8(2)11/h4,8,11H,5-6H2,1-3H3. The Morgan fingerprint density at radius 3 is 2.64 bits per heavy atom. The van der Waals surface area contributed by atoms with Gasteiger partial charge in [-0.05, 0) is 26.5 Å². The Morgan fingerprint density at radius 1 is 1.73 bits per heavy atom. The monoisotopic (exact) mass is 177 g/mol. The maximum Gasteiger partial charge on any atom is 0.0639 e. The lowest BCUT2D eigenvalue weighted by molar-refractivity contribution is 0.146. The molecule has 0 aromatic heterocycles. The number of hydrogen-bond acceptors (Lipinski definition) is 2. The summed E-state index contributed by atoms with van der Waals surface area (Å²) < 4.78 is 0. The van der Waals surface area contributed by atoms with Crippen LogP contribution in [0.25, 0.3) is 0 Å². The number of nitrogens with zero attached hydrogens (tertiary/aromatic N) is 1. The van der Waals surface area contributed by atoms with Crippen LogP contribution in [0.2, 0.25) is 0 Å². The van der Waals surface area contributed by atoms with Crippen LogP contribution >= 0.6 is 11.6 Å². The van der Waals surface area contributed by atoms with Crippen molar-refractivity contribution in [3.63, 3.8) is 0 Å². The molecule has 0 saturated heterocycles. The molecule has 0 heterocycles. The molecule has 2 nitrogen and oxygen atoms in total. The molecule has 11 heavy (non-hydrogen) atoms. The molecule has 0 aliphatic rings. The van der Waals surface area contributed by atoms with Gasteiger partial charge in [0.2, 0.25) is 0 Å². The average Bonchev–Trinajstić information content (AvgIpc) is 1.85. The molecule has 0 radical (unpaired) electrons. The highest BCUT2D eigenvalue weighted by atomic mass is 35.5. The first kappa shape index (κ1) is 11.0. The topological polar surface area (TPSA) is 23.5 Å². The summed E-state index contributed by atoms with van der Waals surface area (Å²) in [5, 5.41) is 9.01. The number of halogens is 1. The van der Waals surface area contributed by atoms with Crippen molar-refractivity contribution in [1.29, 1.82) is 0 Å². The zero-order valence-electron chi connectivity index (χ0n) is 7.34. The molecule has 0 fully saturated rings. The molecule has 1 N–H and O–H groups in total. The summed E-state index contributed by atoms with van der Waals surface area (Å²) in [7, 11) is 1.95. The van der Waals surface area contributed by atoms with Crippen LogP contribution in [-0.2, 0) is 0 Å². The predicted molar refractivity (Wildman–Crippen MR) is 48.8 cm³/mol. The molecule has 3 heteroatoms. The second-order valence-corrected chi connectivity index (χ2v) is 3.22. The van der Waals surface area contributed by atoms with Gasteiger partial charge in [0.15, 0.2) is 0 Å². The minimum atomic E-state index is -0.275. The van der Waals surface area contributed by atoms with Gasteiger partial charge in [-0.25, -0.2) is 0 Å². The summed E-state index contributed by atoms with van der Waals surface area (Å²) in [6.07, 6.45) is -0.275. The fraction of sp³-hybridized carbons (Fsp3) is 0.750. The molecule has 1 unspecified atom stereocenters. The average molecular weight is 178 g/mol. The maximum atomic E-state index is 9.01. The third kappa shape index (κ3) is 6.35. The molecule has 0 aromatic rings. The SMILES string of the molecule is CC(=CCl)CN(C)CC(C)O. The van der Waals surface area contributed by atoms with Crippen molar-refractivity contribution in [1.82, 2.24) is 4.90 Å². The van der Waals surface area contributed by atoms with E-state index in [0.29, 0.717) is 6.54 Å². The molecule has 0 aliphatic heterocycles. The molecule has 0 bridgehead atoms. The first-order chi connectivity index (χ1) is 5.06. The van der Waals surface area contributed by atoms with Crippen LogP contribution in [0.5, 0.6) is 0 Å². The van der Waals surface area contributed by atoms with Gasteiger partial charge in [0.25, 0.3) is 0 Å². The molecule has 0 aromatic carbocycles. The summed E-state index contributed by atoms with van der Waals surface area (Å²) in [5.41, 5.74) is 2.67. The molecule has 1 atom stereocenters. The third-order valence-corrected chi connectivity index (χ3v) is 1.65. The zero-order chi connectivity index (χ0) is 8.85. The van der Waals surface area contributed by atoms with E-state index in [2.05, 4.69) is 0 Å². The van der Waals surface area contributed by atoms with Crippen molar-refractivity contribution in [2.45, 2.75) is 20.0 Å². The van der Waals surface area contributed by atoms with Gasteiger partial charge in [0, 0.05) is 18.6 Å². The summed E-state index contributed by atoms with van der Waals surface area (Å²) >= 11 is 5.48. The van der Waals surface area contributed by atoms with Crippen LogP contribution in [0.4, 0.5) is 0 Å². The van der Waals surface area contributed by atoms with Gasteiger partial charge in [-0.2, -0.15) is 0 Å². The highest BCUT2D eigenvalue weighted by Crippen LogP contribution is 1.98. The maximum absolute atomic E-state index is 9.01. The molecular formula is C8H16ClNO. The smallest absolute Gasteiger partial charge is 0.0639 e. The molecule has 66 valence electrons. The normalized spacial score (nSPS) is 15.6. The lowest BCUT2D eigenvalue weighted by Gasteiger charge is -2.17. The van der Waals surface area contributed by atoms with Gasteiger partial charge < -0.3 is 5.11 Å². The lowest BCUT2D eigenvalue weighted by Crippen LogP contribution is -2.28. The highest BCUT2D eigenvalue weighted by molar-refractivity contribution is 6.25. The summed E-state index contributed by atoms with van der Waals surface area (Å²) in [6.45, 7) is 5.23. The fourth-order valence-electron chi connectivity index (χ4n) is 0.976. The van der Waals surface area contributed by atoms with Crippen molar-refractivity contribution >= 4 is 11.6 Å². The zero-order valence-corrected chi connectivity index (χ0v) is 8.10. The fourth-order valence-corrected chi connectivity index (χ4v) is 1.04. The number of aliphatic hydroxyl groups excluding tert-OH is 1. The van der Waals surface area contributed by atoms with Crippen molar-refractivity contribution in [3.05, 3.63) is 11.1 Å². The Labute approximate surface area is 73.5 Å². The second-order valence-electron chi connectivity index (χ2n) is 3.00. The van der Waals surface area contributed by atoms with Gasteiger partial charge in [-0.1, -0.05) is 11.6 Å². The van der Waals surface area contributed by atoms with Crippen LogP contribution in [0.3, 0.4) is 0 Å². The number of rotatable bonds is 4. The van der Waals surface area contributed by atoms with Crippen molar-refractivity contribution in [2.75, 3.05) is 20.1 Å². The molecular weight excluding hydrogens is 162 g/mol. The summed E-state index contributed by atoms with van der Waals surface area (Å²) in [4.78, 5) is 2.03. The number of aliphatic hydroxyl groups is 1. The van der Waals surface area contributed by atoms with Gasteiger partial charge in [0.05, 0.1) is 6.10 Å². The van der Waals surface area contributed by atoms with Crippen LogP contribution in [0.1, 0.15) is 13.8 Å². The van der Waals surface area contributed by atoms with Crippen LogP contribution in [-0.4, -0.2) is 36.2 Å². The van der Waals surface area contributed by atoms with E-state index >= 15 is 0 Å². The number of likely N-dealkylation sites (N-methyl/N-ethyl adjacent to an activating group) is 1. The predicted octanol–water partition coefficient (Wildman–Crippen LogP) is 1.44. The molecule has 0 saturated carbocycles. The minimum absolute atomic E-state index is 0.275. The van der Waals surface area contributed by atoms with Gasteiger partial charge >= 0.3 is 0 Å². The minimum Gasteiger partial charge on any atom is -0.392 e. The Kier molecular flexibility index (Phi) is 5.56. The van der Waals surface area contributed by atoms with Crippen molar-refractivity contribution < 1.29 is 5.11 Å². The third-order valence-electron chi connectivity index (χ3n) is 1.28. The number of hydrogen-bond donors (Lipinski definition) is 1. The highest BCUT2D eigenvalue weighted by Gasteiger charge is 2.02. The van der Waals surface area contributed by atoms with E-state index in [9.17, 15) is 0 Å². The molecule has 0 spiro atoms. The van der Waals surface area contributed by atoms with E-state index in [1.54, 1.807) is 12.5 Å². The van der Waals surface area contributed by atoms with Crippen LogP contribution in [0.15, 0.2) is 11.1 Å². The van der Waals surface area contributed by atoms with Crippen molar-refractivity contribution in [2.24, 2.45) is 0 Å². The van der Waals surface area contributed by atoms with E-state index in [4.69, 9.17) is 16.7 Å². The summed E-state index contributed by atoms with van der Waals surface area (Å²) in [6, 6.07) is 0. The quantitative estimate of drug-likeness (QED) is 0.703. The molecule has 0 aliphatic carbocycles. The Hall–Kier alpha value is -0.0500. The first-order valence-electron chi connectivity index (χ1n) is 3.68.